The quantitative estimate of drug-likeness (QED) is 0.854. The van der Waals surface area contributed by atoms with Gasteiger partial charge >= 0.3 is 6.03 Å². The molecule has 3 amide bonds. The van der Waals surface area contributed by atoms with Crippen LogP contribution in [0.25, 0.3) is 0 Å². The first kappa shape index (κ1) is 14.2. The van der Waals surface area contributed by atoms with Crippen molar-refractivity contribution >= 4 is 23.7 Å². The molecule has 1 aliphatic heterocycles. The minimum Gasteiger partial charge on any atom is -0.322 e. The summed E-state index contributed by atoms with van der Waals surface area (Å²) in [4.78, 5) is 25.0. The van der Waals surface area contributed by atoms with Gasteiger partial charge in [0.25, 0.3) is 5.91 Å². The van der Waals surface area contributed by atoms with E-state index in [1.807, 2.05) is 30.3 Å². The lowest BCUT2D eigenvalue weighted by Crippen LogP contribution is -2.22. The van der Waals surface area contributed by atoms with Crippen LogP contribution in [-0.4, -0.2) is 11.9 Å². The van der Waals surface area contributed by atoms with Gasteiger partial charge in [0.15, 0.2) is 0 Å². The molecule has 0 aromatic heterocycles. The molecule has 1 fully saturated rings. The van der Waals surface area contributed by atoms with Crippen LogP contribution >= 0.6 is 11.8 Å². The number of urea groups is 1. The Morgan fingerprint density at radius 2 is 1.86 bits per heavy atom. The van der Waals surface area contributed by atoms with Crippen molar-refractivity contribution in [2.45, 2.75) is 15.8 Å². The monoisotopic (exact) mass is 309 g/mol. The Morgan fingerprint density at radius 3 is 2.50 bits per heavy atom. The smallest absolute Gasteiger partial charge is 0.322 e. The van der Waals surface area contributed by atoms with E-state index in [9.17, 15) is 9.59 Å². The molecule has 2 N–H and O–H groups in total. The molecule has 22 heavy (non-hydrogen) atoms. The van der Waals surface area contributed by atoms with Crippen LogP contribution in [0.4, 0.5) is 4.79 Å². The number of nitrogens with one attached hydrogen (secondary N) is 2. The van der Waals surface area contributed by atoms with Crippen LogP contribution in [-0.2, 0) is 4.79 Å². The van der Waals surface area contributed by atoms with Crippen LogP contribution in [0.1, 0.15) is 17.2 Å². The van der Waals surface area contributed by atoms with Gasteiger partial charge in [-0.2, -0.15) is 5.26 Å². The van der Waals surface area contributed by atoms with E-state index in [-0.39, 0.29) is 5.91 Å². The minimum atomic E-state index is -0.730. The zero-order valence-electron chi connectivity index (χ0n) is 11.4. The third-order valence-electron chi connectivity index (χ3n) is 3.20. The van der Waals surface area contributed by atoms with Crippen molar-refractivity contribution in [2.75, 3.05) is 0 Å². The highest BCUT2D eigenvalue weighted by Gasteiger charge is 2.32. The standard InChI is InChI=1S/C16H11N3O2S/c17-9-10-6-7-12(14-15(20)19-16(21)18-14)13(8-10)22-11-4-2-1-3-5-11/h1-8,14H,(H2,18,19,20,21). The fraction of sp³-hybridized carbons (Fsp3) is 0.0625. The van der Waals surface area contributed by atoms with E-state index >= 15 is 0 Å². The third kappa shape index (κ3) is 2.80. The number of benzene rings is 2. The molecule has 108 valence electrons. The minimum absolute atomic E-state index is 0.385. The van der Waals surface area contributed by atoms with E-state index in [1.165, 1.54) is 11.8 Å². The summed E-state index contributed by atoms with van der Waals surface area (Å²) >= 11 is 1.45. The topological polar surface area (TPSA) is 82.0 Å². The number of hydrogen-bond donors (Lipinski definition) is 2. The van der Waals surface area contributed by atoms with Crippen molar-refractivity contribution in [3.05, 3.63) is 59.7 Å². The van der Waals surface area contributed by atoms with Crippen LogP contribution in [0.3, 0.4) is 0 Å². The van der Waals surface area contributed by atoms with Crippen molar-refractivity contribution < 1.29 is 9.59 Å². The fourth-order valence-corrected chi connectivity index (χ4v) is 3.22. The van der Waals surface area contributed by atoms with Crippen LogP contribution in [0.2, 0.25) is 0 Å². The van der Waals surface area contributed by atoms with Crippen LogP contribution in [0.5, 0.6) is 0 Å². The summed E-state index contributed by atoms with van der Waals surface area (Å²) in [6, 6.07) is 15.6. The predicted octanol–water partition coefficient (Wildman–Crippen LogP) is 2.59. The molecule has 0 aliphatic carbocycles. The Bertz CT molecular complexity index is 784. The normalized spacial score (nSPS) is 16.8. The number of carbonyl (C=O) groups excluding carboxylic acids is 2. The van der Waals surface area contributed by atoms with E-state index in [2.05, 4.69) is 16.7 Å². The van der Waals surface area contributed by atoms with Gasteiger partial charge < -0.3 is 5.32 Å². The molecular weight excluding hydrogens is 298 g/mol. The summed E-state index contributed by atoms with van der Waals surface area (Å²) < 4.78 is 0. The summed E-state index contributed by atoms with van der Waals surface area (Å²) in [5.74, 6) is -0.385. The highest BCUT2D eigenvalue weighted by atomic mass is 32.2. The van der Waals surface area contributed by atoms with Gasteiger partial charge in [-0.1, -0.05) is 36.0 Å². The number of carbonyl (C=O) groups is 2. The molecule has 1 unspecified atom stereocenters. The molecule has 0 saturated carbocycles. The molecule has 0 bridgehead atoms. The molecule has 1 aliphatic rings. The molecule has 6 heteroatoms. The zero-order chi connectivity index (χ0) is 15.5. The van der Waals surface area contributed by atoms with Crippen LogP contribution in [0.15, 0.2) is 58.3 Å². The molecule has 1 heterocycles. The van der Waals surface area contributed by atoms with Crippen molar-refractivity contribution in [1.29, 1.82) is 5.26 Å². The molecule has 1 saturated heterocycles. The molecule has 5 nitrogen and oxygen atoms in total. The van der Waals surface area contributed by atoms with Gasteiger partial charge in [0.05, 0.1) is 11.6 Å². The second-order valence-corrected chi connectivity index (χ2v) is 5.79. The Morgan fingerprint density at radius 1 is 1.09 bits per heavy atom. The SMILES string of the molecule is N#Cc1ccc(C2NC(=O)NC2=O)c(Sc2ccccc2)c1. The van der Waals surface area contributed by atoms with Gasteiger partial charge in [0.1, 0.15) is 6.04 Å². The summed E-state index contributed by atoms with van der Waals surface area (Å²) in [7, 11) is 0. The molecular formula is C16H11N3O2S. The summed E-state index contributed by atoms with van der Waals surface area (Å²) in [5.41, 5.74) is 1.18. The molecule has 2 aromatic carbocycles. The molecule has 2 aromatic rings. The lowest BCUT2D eigenvalue weighted by molar-refractivity contribution is -0.120. The molecule has 1 atom stereocenters. The summed E-state index contributed by atoms with van der Waals surface area (Å²) in [5, 5.41) is 13.9. The van der Waals surface area contributed by atoms with Gasteiger partial charge in [0, 0.05) is 9.79 Å². The summed E-state index contributed by atoms with van der Waals surface area (Å²) in [6.45, 7) is 0. The van der Waals surface area contributed by atoms with Crippen molar-refractivity contribution in [1.82, 2.24) is 10.6 Å². The Balaban J connectivity index is 2.01. The highest BCUT2D eigenvalue weighted by Crippen LogP contribution is 2.34. The van der Waals surface area contributed by atoms with Crippen molar-refractivity contribution in [3.8, 4) is 6.07 Å². The van der Waals surface area contributed by atoms with E-state index < -0.39 is 12.1 Å². The zero-order valence-corrected chi connectivity index (χ0v) is 12.2. The molecule has 0 radical (unpaired) electrons. The maximum Gasteiger partial charge on any atom is 0.322 e. The number of nitrogens with zero attached hydrogens (tertiary/aromatic N) is 1. The fourth-order valence-electron chi connectivity index (χ4n) is 2.18. The van der Waals surface area contributed by atoms with E-state index in [0.717, 1.165) is 9.79 Å². The third-order valence-corrected chi connectivity index (χ3v) is 4.28. The second-order valence-electron chi connectivity index (χ2n) is 4.68. The van der Waals surface area contributed by atoms with Crippen LogP contribution < -0.4 is 10.6 Å². The highest BCUT2D eigenvalue weighted by molar-refractivity contribution is 7.99. The lowest BCUT2D eigenvalue weighted by Gasteiger charge is -2.13. The van der Waals surface area contributed by atoms with E-state index in [1.54, 1.807) is 18.2 Å². The first-order valence-electron chi connectivity index (χ1n) is 6.55. The van der Waals surface area contributed by atoms with Crippen molar-refractivity contribution in [3.63, 3.8) is 0 Å². The first-order valence-corrected chi connectivity index (χ1v) is 7.37. The molecule has 0 spiro atoms. The van der Waals surface area contributed by atoms with Gasteiger partial charge in [-0.05, 0) is 29.8 Å². The van der Waals surface area contributed by atoms with Crippen LogP contribution in [0, 0.1) is 11.3 Å². The maximum absolute atomic E-state index is 11.9. The molecule has 3 rings (SSSR count). The Labute approximate surface area is 131 Å². The average Bonchev–Trinajstić information content (AvgIpc) is 2.86. The second kappa shape index (κ2) is 5.92. The van der Waals surface area contributed by atoms with Gasteiger partial charge in [0.2, 0.25) is 0 Å². The predicted molar refractivity (Wildman–Crippen MR) is 81.1 cm³/mol. The van der Waals surface area contributed by atoms with Gasteiger partial charge in [-0.3, -0.25) is 10.1 Å². The number of hydrogen-bond acceptors (Lipinski definition) is 4. The number of imide groups is 1. The Kier molecular flexibility index (Phi) is 3.81. The Hall–Kier alpha value is -2.78. The van der Waals surface area contributed by atoms with Gasteiger partial charge in [-0.15, -0.1) is 0 Å². The van der Waals surface area contributed by atoms with E-state index in [4.69, 9.17) is 5.26 Å². The average molecular weight is 309 g/mol. The number of amides is 3. The first-order chi connectivity index (χ1) is 10.7. The number of rotatable bonds is 3. The maximum atomic E-state index is 11.9. The van der Waals surface area contributed by atoms with Crippen molar-refractivity contribution in [2.24, 2.45) is 0 Å². The number of nitriles is 1. The van der Waals surface area contributed by atoms with Gasteiger partial charge in [-0.25, -0.2) is 4.79 Å². The lowest BCUT2D eigenvalue weighted by atomic mass is 10.1. The van der Waals surface area contributed by atoms with E-state index in [0.29, 0.717) is 11.1 Å². The largest absolute Gasteiger partial charge is 0.322 e. The summed E-state index contributed by atoms with van der Waals surface area (Å²) in [6.07, 6.45) is 0.